The molecule has 0 spiro atoms. The van der Waals surface area contributed by atoms with Crippen LogP contribution in [0.1, 0.15) is 87.7 Å². The fraction of sp³-hybridized carbons (Fsp3) is 0.444. The first-order valence-corrected chi connectivity index (χ1v) is 16.5. The number of aromatic nitrogens is 4. The van der Waals surface area contributed by atoms with Gasteiger partial charge in [-0.1, -0.05) is 24.3 Å². The molecule has 4 aromatic rings. The van der Waals surface area contributed by atoms with Crippen molar-refractivity contribution < 1.29 is 19.4 Å². The number of imidazole rings is 2. The van der Waals surface area contributed by atoms with Gasteiger partial charge >= 0.3 is 12.2 Å². The third-order valence-electron chi connectivity index (χ3n) is 10.3. The minimum Gasteiger partial charge on any atom is -0.465 e. The predicted molar refractivity (Wildman–Crippen MR) is 173 cm³/mol. The van der Waals surface area contributed by atoms with Crippen LogP contribution in [-0.2, 0) is 17.6 Å². The number of piperidine rings is 1. The molecular weight excluding hydrogens is 580 g/mol. The molecule has 46 heavy (non-hydrogen) atoms. The molecule has 0 radical (unpaired) electrons. The number of ether oxygens (including phenoxy) is 1. The number of hydrogen-bond donors (Lipinski definition) is 3. The van der Waals surface area contributed by atoms with E-state index in [9.17, 15) is 14.7 Å². The van der Waals surface area contributed by atoms with E-state index in [0.717, 1.165) is 79.1 Å². The number of aromatic amines is 2. The van der Waals surface area contributed by atoms with Crippen molar-refractivity contribution in [3.63, 3.8) is 0 Å². The van der Waals surface area contributed by atoms with Crippen molar-refractivity contribution in [1.82, 2.24) is 29.7 Å². The highest BCUT2D eigenvalue weighted by molar-refractivity contribution is 5.79. The number of rotatable bonds is 4. The Kier molecular flexibility index (Phi) is 6.74. The Hall–Kier alpha value is -4.60. The number of nitrogens with zero attached hydrogens (tertiary/aromatic N) is 4. The Labute approximate surface area is 268 Å². The van der Waals surface area contributed by atoms with E-state index in [0.29, 0.717) is 12.5 Å². The molecule has 8 rings (SSSR count). The summed E-state index contributed by atoms with van der Waals surface area (Å²) in [5.74, 6) is 1.90. The number of nitrogens with one attached hydrogen (secondary N) is 2. The second-order valence-electron chi connectivity index (χ2n) is 14.3. The highest BCUT2D eigenvalue weighted by Gasteiger charge is 2.50. The Balaban J connectivity index is 1.01. The SMILES string of the molecule is CC(C)(C)OC(=O)N1CCCC1c1ncc(-c2ccc3c(c2)CCc2cc(-c4cnc(C5C6CCC(C6)N5C(=O)O)[nH]4)ccc2-3)[nH]1. The van der Waals surface area contributed by atoms with Crippen LogP contribution in [0.5, 0.6) is 0 Å². The Morgan fingerprint density at radius 2 is 1.52 bits per heavy atom. The van der Waals surface area contributed by atoms with E-state index < -0.39 is 11.7 Å². The Morgan fingerprint density at radius 3 is 2.15 bits per heavy atom. The lowest BCUT2D eigenvalue weighted by molar-refractivity contribution is 0.0218. The van der Waals surface area contributed by atoms with E-state index in [4.69, 9.17) is 9.72 Å². The number of H-pyrrole nitrogens is 2. The summed E-state index contributed by atoms with van der Waals surface area (Å²) in [5, 5.41) is 9.85. The van der Waals surface area contributed by atoms with Crippen molar-refractivity contribution in [3.05, 3.63) is 71.6 Å². The van der Waals surface area contributed by atoms with Gasteiger partial charge in [-0.2, -0.15) is 0 Å². The van der Waals surface area contributed by atoms with Crippen molar-refractivity contribution in [2.24, 2.45) is 5.92 Å². The van der Waals surface area contributed by atoms with Gasteiger partial charge in [0.05, 0.1) is 35.9 Å². The largest absolute Gasteiger partial charge is 0.465 e. The van der Waals surface area contributed by atoms with Crippen LogP contribution in [0.15, 0.2) is 48.8 Å². The van der Waals surface area contributed by atoms with Crippen LogP contribution in [0.25, 0.3) is 33.6 Å². The molecule has 4 heterocycles. The molecule has 3 fully saturated rings. The number of carbonyl (C=O) groups is 2. The number of carbonyl (C=O) groups excluding carboxylic acids is 1. The summed E-state index contributed by atoms with van der Waals surface area (Å²) in [6.45, 7) is 6.34. The molecule has 10 heteroatoms. The van der Waals surface area contributed by atoms with Crippen LogP contribution in [-0.4, -0.2) is 65.2 Å². The quantitative estimate of drug-likeness (QED) is 0.217. The van der Waals surface area contributed by atoms with Gasteiger partial charge in [0.15, 0.2) is 0 Å². The molecule has 4 aliphatic rings. The summed E-state index contributed by atoms with van der Waals surface area (Å²) >= 11 is 0. The smallest absolute Gasteiger partial charge is 0.410 e. The van der Waals surface area contributed by atoms with E-state index in [2.05, 4.69) is 51.4 Å². The molecule has 10 nitrogen and oxygen atoms in total. The van der Waals surface area contributed by atoms with Gasteiger partial charge in [0.25, 0.3) is 0 Å². The first kappa shape index (κ1) is 28.8. The molecule has 2 amide bonds. The highest BCUT2D eigenvalue weighted by Crippen LogP contribution is 2.49. The maximum Gasteiger partial charge on any atom is 0.410 e. The molecule has 3 N–H and O–H groups in total. The van der Waals surface area contributed by atoms with Gasteiger partial charge in [-0.05, 0) is 117 Å². The Bertz CT molecular complexity index is 1840. The van der Waals surface area contributed by atoms with Crippen LogP contribution >= 0.6 is 0 Å². The van der Waals surface area contributed by atoms with Crippen molar-refractivity contribution in [2.75, 3.05) is 6.54 Å². The summed E-state index contributed by atoms with van der Waals surface area (Å²) in [6.07, 6.45) is 9.17. The first-order valence-electron chi connectivity index (χ1n) is 16.5. The average Bonchev–Trinajstić information content (AvgIpc) is 3.86. The number of benzene rings is 2. The summed E-state index contributed by atoms with van der Waals surface area (Å²) in [7, 11) is 0. The van der Waals surface area contributed by atoms with Crippen molar-refractivity contribution in [3.8, 4) is 33.6 Å². The van der Waals surface area contributed by atoms with Gasteiger partial charge < -0.3 is 19.8 Å². The molecular formula is C36H40N6O4. The number of aryl methyl sites for hydroxylation is 2. The van der Waals surface area contributed by atoms with Gasteiger partial charge in [0.2, 0.25) is 0 Å². The number of carboxylic acid groups (broad SMARTS) is 1. The standard InChI is InChI=1S/C36H40N6O4/c1-36(2,3)46-35(45)41-14-4-5-30(41)32-37-18-28(39-32)22-9-12-26-20(15-22)6-7-21-16-23(10-13-27(21)26)29-19-38-33(40-29)31-24-8-11-25(17-24)42(31)34(43)44/h9-10,12-13,15-16,18-19,24-25,30-31H,4-8,11,14,17H2,1-3H3,(H,37,39)(H,38,40)(H,43,44). The van der Waals surface area contributed by atoms with Crippen LogP contribution < -0.4 is 0 Å². The van der Waals surface area contributed by atoms with Gasteiger partial charge in [0.1, 0.15) is 17.2 Å². The van der Waals surface area contributed by atoms with Gasteiger partial charge in [-0.25, -0.2) is 19.6 Å². The van der Waals surface area contributed by atoms with Crippen LogP contribution in [0, 0.1) is 5.92 Å². The molecule has 2 aromatic carbocycles. The van der Waals surface area contributed by atoms with E-state index in [1.165, 1.54) is 22.3 Å². The molecule has 2 saturated heterocycles. The fourth-order valence-corrected chi connectivity index (χ4v) is 8.22. The maximum absolute atomic E-state index is 12.8. The van der Waals surface area contributed by atoms with Crippen LogP contribution in [0.3, 0.4) is 0 Å². The molecule has 2 bridgehead atoms. The molecule has 1 saturated carbocycles. The Morgan fingerprint density at radius 1 is 0.891 bits per heavy atom. The fourth-order valence-electron chi connectivity index (χ4n) is 8.22. The number of likely N-dealkylation sites (tertiary alicyclic amines) is 2. The lowest BCUT2D eigenvalue weighted by atomic mass is 9.83. The number of fused-ring (bicyclic) bond motifs is 5. The number of hydrogen-bond acceptors (Lipinski definition) is 5. The zero-order chi connectivity index (χ0) is 31.7. The van der Waals surface area contributed by atoms with Crippen molar-refractivity contribution >= 4 is 12.2 Å². The van der Waals surface area contributed by atoms with E-state index in [-0.39, 0.29) is 24.2 Å². The molecule has 4 unspecified atom stereocenters. The summed E-state index contributed by atoms with van der Waals surface area (Å²) in [6, 6.07) is 13.0. The summed E-state index contributed by atoms with van der Waals surface area (Å²) in [4.78, 5) is 44.6. The topological polar surface area (TPSA) is 127 Å². The summed E-state index contributed by atoms with van der Waals surface area (Å²) < 4.78 is 5.65. The van der Waals surface area contributed by atoms with E-state index >= 15 is 0 Å². The lowest BCUT2D eigenvalue weighted by Crippen LogP contribution is -2.39. The molecule has 2 aliphatic heterocycles. The minimum absolute atomic E-state index is 0.113. The second-order valence-corrected chi connectivity index (χ2v) is 14.3. The third kappa shape index (κ3) is 4.94. The van der Waals surface area contributed by atoms with Crippen molar-refractivity contribution in [1.29, 1.82) is 0 Å². The van der Waals surface area contributed by atoms with Crippen LogP contribution in [0.2, 0.25) is 0 Å². The van der Waals surface area contributed by atoms with Crippen LogP contribution in [0.4, 0.5) is 9.59 Å². The zero-order valence-corrected chi connectivity index (χ0v) is 26.5. The van der Waals surface area contributed by atoms with Crippen molar-refractivity contribution in [2.45, 2.75) is 89.4 Å². The molecule has 2 aromatic heterocycles. The third-order valence-corrected chi connectivity index (χ3v) is 10.3. The zero-order valence-electron chi connectivity index (χ0n) is 26.5. The predicted octanol–water partition coefficient (Wildman–Crippen LogP) is 7.51. The minimum atomic E-state index is -0.850. The van der Waals surface area contributed by atoms with Gasteiger partial charge in [0, 0.05) is 12.6 Å². The second kappa shape index (κ2) is 10.7. The van der Waals surface area contributed by atoms with Gasteiger partial charge in [-0.15, -0.1) is 0 Å². The molecule has 238 valence electrons. The maximum atomic E-state index is 12.8. The van der Waals surface area contributed by atoms with E-state index in [1.54, 1.807) is 9.80 Å². The van der Waals surface area contributed by atoms with Gasteiger partial charge in [-0.3, -0.25) is 9.80 Å². The van der Waals surface area contributed by atoms with E-state index in [1.807, 2.05) is 33.2 Å². The summed E-state index contributed by atoms with van der Waals surface area (Å²) in [5.41, 5.74) is 8.58. The lowest BCUT2D eigenvalue weighted by Gasteiger charge is -2.31. The average molecular weight is 621 g/mol. The highest BCUT2D eigenvalue weighted by atomic mass is 16.6. The molecule has 2 aliphatic carbocycles. The number of amides is 2. The first-order chi connectivity index (χ1) is 22.1. The monoisotopic (exact) mass is 620 g/mol. The normalized spacial score (nSPS) is 23.5. The molecule has 4 atom stereocenters.